The first-order valence-corrected chi connectivity index (χ1v) is 8.47. The maximum atomic E-state index is 12.6. The first-order chi connectivity index (χ1) is 12.0. The highest BCUT2D eigenvalue weighted by atomic mass is 35.5. The fourth-order valence-corrected chi connectivity index (χ4v) is 3.10. The summed E-state index contributed by atoms with van der Waals surface area (Å²) in [6.07, 6.45) is 0. The van der Waals surface area contributed by atoms with Gasteiger partial charge in [-0.25, -0.2) is 0 Å². The molecule has 3 rings (SSSR count). The summed E-state index contributed by atoms with van der Waals surface area (Å²) >= 11 is 5.92. The molecule has 25 heavy (non-hydrogen) atoms. The highest BCUT2D eigenvalue weighted by molar-refractivity contribution is 6.31. The zero-order chi connectivity index (χ0) is 18.0. The first-order valence-electron chi connectivity index (χ1n) is 8.09. The number of hydrogen-bond donors (Lipinski definition) is 1. The van der Waals surface area contributed by atoms with Crippen LogP contribution in [-0.2, 0) is 0 Å². The molecule has 0 aliphatic carbocycles. The molecule has 1 amide bonds. The minimum atomic E-state index is -0.216. The van der Waals surface area contributed by atoms with E-state index in [-0.39, 0.29) is 23.0 Å². The van der Waals surface area contributed by atoms with Crippen molar-refractivity contribution >= 4 is 29.0 Å². The Labute approximate surface area is 151 Å². The average molecular weight is 359 g/mol. The molecule has 6 heteroatoms. The second kappa shape index (κ2) is 7.15. The molecule has 0 saturated carbocycles. The molecule has 0 aromatic heterocycles. The van der Waals surface area contributed by atoms with E-state index in [4.69, 9.17) is 11.6 Å². The van der Waals surface area contributed by atoms with Gasteiger partial charge in [-0.1, -0.05) is 11.6 Å². The molecule has 0 spiro atoms. The van der Waals surface area contributed by atoms with Gasteiger partial charge in [0, 0.05) is 42.5 Å². The number of Topliss-reactive ketones (excluding diaryl/α,β-unsaturated/α-hetero) is 1. The lowest BCUT2D eigenvalue weighted by Gasteiger charge is -2.36. The smallest absolute Gasteiger partial charge is 0.257 e. The van der Waals surface area contributed by atoms with Gasteiger partial charge in [-0.05, 0) is 49.4 Å². The van der Waals surface area contributed by atoms with Crippen molar-refractivity contribution in [3.05, 3.63) is 58.6 Å². The number of hydrogen-bond acceptors (Lipinski definition) is 4. The second-order valence-corrected chi connectivity index (χ2v) is 6.48. The largest absolute Gasteiger partial charge is 0.507 e. The molecule has 1 heterocycles. The molecule has 1 fully saturated rings. The zero-order valence-electron chi connectivity index (χ0n) is 13.9. The zero-order valence-corrected chi connectivity index (χ0v) is 14.7. The van der Waals surface area contributed by atoms with E-state index >= 15 is 0 Å². The summed E-state index contributed by atoms with van der Waals surface area (Å²) in [7, 11) is 0. The Morgan fingerprint density at radius 3 is 2.24 bits per heavy atom. The van der Waals surface area contributed by atoms with Gasteiger partial charge in [0.1, 0.15) is 5.75 Å². The van der Waals surface area contributed by atoms with Crippen molar-refractivity contribution in [2.75, 3.05) is 31.1 Å². The summed E-state index contributed by atoms with van der Waals surface area (Å²) in [5.74, 6) is -0.230. The van der Waals surface area contributed by atoms with Crippen LogP contribution in [-0.4, -0.2) is 47.9 Å². The Balaban J connectivity index is 1.66. The molecule has 0 atom stereocenters. The van der Waals surface area contributed by atoms with E-state index in [0.717, 1.165) is 5.69 Å². The predicted molar refractivity (Wildman–Crippen MR) is 97.7 cm³/mol. The summed E-state index contributed by atoms with van der Waals surface area (Å²) in [5, 5.41) is 10.3. The molecule has 2 aromatic carbocycles. The average Bonchev–Trinajstić information content (AvgIpc) is 2.63. The molecule has 0 bridgehead atoms. The number of carbonyl (C=O) groups excluding carboxylic acids is 2. The quantitative estimate of drug-likeness (QED) is 0.856. The summed E-state index contributed by atoms with van der Waals surface area (Å²) in [6, 6.07) is 12.0. The number of rotatable bonds is 3. The monoisotopic (exact) mass is 358 g/mol. The third-order valence-corrected chi connectivity index (χ3v) is 4.63. The van der Waals surface area contributed by atoms with Gasteiger partial charge in [-0.15, -0.1) is 0 Å². The van der Waals surface area contributed by atoms with Gasteiger partial charge in [0.25, 0.3) is 5.91 Å². The SMILES string of the molecule is CC(=O)c1ccc(N2CCN(C(=O)c3cc(Cl)ccc3O)CC2)cc1. The van der Waals surface area contributed by atoms with Gasteiger partial charge >= 0.3 is 0 Å². The van der Waals surface area contributed by atoms with Crippen LogP contribution in [0.4, 0.5) is 5.69 Å². The van der Waals surface area contributed by atoms with Crippen LogP contribution in [0.5, 0.6) is 5.75 Å². The normalized spacial score (nSPS) is 14.5. The van der Waals surface area contributed by atoms with Gasteiger partial charge < -0.3 is 14.9 Å². The minimum absolute atomic E-state index is 0.0447. The van der Waals surface area contributed by atoms with Crippen molar-refractivity contribution in [2.24, 2.45) is 0 Å². The molecular formula is C19H19ClN2O3. The van der Waals surface area contributed by atoms with E-state index in [2.05, 4.69) is 4.90 Å². The van der Waals surface area contributed by atoms with Crippen LogP contribution in [0.3, 0.4) is 0 Å². The summed E-state index contributed by atoms with van der Waals surface area (Å²) in [4.78, 5) is 27.8. The number of phenols is 1. The number of aromatic hydroxyl groups is 1. The lowest BCUT2D eigenvalue weighted by Crippen LogP contribution is -2.48. The lowest BCUT2D eigenvalue weighted by atomic mass is 10.1. The molecule has 0 radical (unpaired) electrons. The molecule has 1 aliphatic heterocycles. The topological polar surface area (TPSA) is 60.9 Å². The number of carbonyl (C=O) groups is 2. The predicted octanol–water partition coefficient (Wildman–Crippen LogP) is 3.21. The number of halogens is 1. The van der Waals surface area contributed by atoms with Crippen molar-refractivity contribution in [2.45, 2.75) is 6.92 Å². The van der Waals surface area contributed by atoms with Crippen LogP contribution in [0.25, 0.3) is 0 Å². The minimum Gasteiger partial charge on any atom is -0.507 e. The van der Waals surface area contributed by atoms with Crippen LogP contribution < -0.4 is 4.90 Å². The highest BCUT2D eigenvalue weighted by Crippen LogP contribution is 2.24. The molecule has 5 nitrogen and oxygen atoms in total. The number of nitrogens with zero attached hydrogens (tertiary/aromatic N) is 2. The number of amides is 1. The Hall–Kier alpha value is -2.53. The fraction of sp³-hybridized carbons (Fsp3) is 0.263. The third kappa shape index (κ3) is 3.77. The molecule has 1 aliphatic rings. The molecule has 130 valence electrons. The molecule has 2 aromatic rings. The maximum absolute atomic E-state index is 12.6. The molecule has 1 saturated heterocycles. The summed E-state index contributed by atoms with van der Waals surface area (Å²) in [5.41, 5.74) is 1.95. The number of benzene rings is 2. The van der Waals surface area contributed by atoms with E-state index < -0.39 is 0 Å². The first kappa shape index (κ1) is 17.3. The molecular weight excluding hydrogens is 340 g/mol. The van der Waals surface area contributed by atoms with Crippen LogP contribution >= 0.6 is 11.6 Å². The van der Waals surface area contributed by atoms with E-state index in [1.807, 2.05) is 24.3 Å². The fourth-order valence-electron chi connectivity index (χ4n) is 2.92. The Kier molecular flexibility index (Phi) is 4.95. The van der Waals surface area contributed by atoms with Gasteiger partial charge in [0.2, 0.25) is 0 Å². The Morgan fingerprint density at radius 2 is 1.64 bits per heavy atom. The Morgan fingerprint density at radius 1 is 1.00 bits per heavy atom. The van der Waals surface area contributed by atoms with Crippen LogP contribution in [0.1, 0.15) is 27.6 Å². The second-order valence-electron chi connectivity index (χ2n) is 6.04. The van der Waals surface area contributed by atoms with Crippen molar-refractivity contribution in [1.82, 2.24) is 4.90 Å². The number of ketones is 1. The van der Waals surface area contributed by atoms with E-state index in [1.54, 1.807) is 17.9 Å². The van der Waals surface area contributed by atoms with Crippen LogP contribution in [0.15, 0.2) is 42.5 Å². The van der Waals surface area contributed by atoms with Crippen LogP contribution in [0.2, 0.25) is 5.02 Å². The van der Waals surface area contributed by atoms with E-state index in [0.29, 0.717) is 36.8 Å². The van der Waals surface area contributed by atoms with Crippen molar-refractivity contribution in [1.29, 1.82) is 0 Å². The molecule has 1 N–H and O–H groups in total. The lowest BCUT2D eigenvalue weighted by molar-refractivity contribution is 0.0743. The highest BCUT2D eigenvalue weighted by Gasteiger charge is 2.24. The standard InChI is InChI=1S/C19H19ClN2O3/c1-13(23)14-2-5-16(6-3-14)21-8-10-22(11-9-21)19(25)17-12-15(20)4-7-18(17)24/h2-7,12,24H,8-11H2,1H3. The molecule has 0 unspecified atom stereocenters. The van der Waals surface area contributed by atoms with E-state index in [1.165, 1.54) is 12.1 Å². The Bertz CT molecular complexity index is 797. The van der Waals surface area contributed by atoms with Gasteiger partial charge in [0.05, 0.1) is 5.56 Å². The van der Waals surface area contributed by atoms with Crippen molar-refractivity contribution in [3.63, 3.8) is 0 Å². The van der Waals surface area contributed by atoms with Gasteiger partial charge in [-0.3, -0.25) is 9.59 Å². The summed E-state index contributed by atoms with van der Waals surface area (Å²) < 4.78 is 0. The van der Waals surface area contributed by atoms with Gasteiger partial charge in [-0.2, -0.15) is 0 Å². The van der Waals surface area contributed by atoms with Crippen molar-refractivity contribution in [3.8, 4) is 5.75 Å². The summed E-state index contributed by atoms with van der Waals surface area (Å²) in [6.45, 7) is 4.03. The maximum Gasteiger partial charge on any atom is 0.257 e. The van der Waals surface area contributed by atoms with Crippen LogP contribution in [0, 0.1) is 0 Å². The van der Waals surface area contributed by atoms with Crippen molar-refractivity contribution < 1.29 is 14.7 Å². The van der Waals surface area contributed by atoms with E-state index in [9.17, 15) is 14.7 Å². The van der Waals surface area contributed by atoms with Gasteiger partial charge in [0.15, 0.2) is 5.78 Å². The number of anilines is 1. The third-order valence-electron chi connectivity index (χ3n) is 4.39. The number of phenolic OH excluding ortho intramolecular Hbond substituents is 1. The number of piperazine rings is 1.